The Morgan fingerprint density at radius 2 is 1.90 bits per heavy atom. The van der Waals surface area contributed by atoms with Crippen molar-refractivity contribution in [2.45, 2.75) is 51.0 Å². The van der Waals surface area contributed by atoms with Crippen molar-refractivity contribution in [3.05, 3.63) is 88.2 Å². The van der Waals surface area contributed by atoms with Crippen LogP contribution >= 0.6 is 11.6 Å². The molecule has 2 aromatic rings. The van der Waals surface area contributed by atoms with Gasteiger partial charge in [-0.25, -0.2) is 0 Å². The predicted molar refractivity (Wildman–Crippen MR) is 156 cm³/mol. The van der Waals surface area contributed by atoms with E-state index in [-0.39, 0.29) is 36.6 Å². The van der Waals surface area contributed by atoms with Crippen molar-refractivity contribution in [1.82, 2.24) is 15.1 Å². The van der Waals surface area contributed by atoms with Gasteiger partial charge in [-0.15, -0.1) is 0 Å². The quantitative estimate of drug-likeness (QED) is 0.415. The highest BCUT2D eigenvalue weighted by atomic mass is 35.5. The summed E-state index contributed by atoms with van der Waals surface area (Å²) in [6, 6.07) is 11.7. The van der Waals surface area contributed by atoms with E-state index >= 15 is 0 Å². The lowest BCUT2D eigenvalue weighted by Gasteiger charge is -2.29. The first-order chi connectivity index (χ1) is 19.4. The minimum atomic E-state index is -0.904. The molecule has 214 valence electrons. The van der Waals surface area contributed by atoms with Gasteiger partial charge in [0.2, 0.25) is 11.8 Å². The number of nitrogens with one attached hydrogen (secondary N) is 2. The molecular formula is C31H33ClN4O5. The van der Waals surface area contributed by atoms with E-state index in [0.717, 1.165) is 21.6 Å². The van der Waals surface area contributed by atoms with Gasteiger partial charge in [-0.2, -0.15) is 0 Å². The summed E-state index contributed by atoms with van der Waals surface area (Å²) in [5.74, 6) is -2.18. The number of anilines is 1. The average Bonchev–Trinajstić information content (AvgIpc) is 3.18. The number of piperidine rings is 1. The van der Waals surface area contributed by atoms with Crippen LogP contribution in [-0.2, 0) is 30.4 Å². The van der Waals surface area contributed by atoms with Crippen molar-refractivity contribution in [3.8, 4) is 0 Å². The minimum absolute atomic E-state index is 0.0387. The van der Waals surface area contributed by atoms with Crippen molar-refractivity contribution in [2.75, 3.05) is 19.4 Å². The first-order valence-electron chi connectivity index (χ1n) is 13.3. The summed E-state index contributed by atoms with van der Waals surface area (Å²) in [7, 11) is 3.33. The second kappa shape index (κ2) is 12.5. The fraction of sp³-hybridized carbons (Fsp3) is 0.323. The molecule has 4 amide bonds. The van der Waals surface area contributed by atoms with E-state index in [1.54, 1.807) is 38.4 Å². The van der Waals surface area contributed by atoms with Gasteiger partial charge in [-0.1, -0.05) is 42.4 Å². The molecule has 4 rings (SSSR count). The molecule has 0 saturated carbocycles. The Balaban J connectivity index is 1.50. The number of ketones is 1. The van der Waals surface area contributed by atoms with Crippen LogP contribution in [0.3, 0.4) is 0 Å². The van der Waals surface area contributed by atoms with Crippen molar-refractivity contribution in [3.63, 3.8) is 0 Å². The number of halogens is 1. The lowest BCUT2D eigenvalue weighted by molar-refractivity contribution is -0.146. The molecular weight excluding hydrogens is 544 g/mol. The van der Waals surface area contributed by atoms with E-state index < -0.39 is 29.7 Å². The number of carbonyl (C=O) groups excluding carboxylic acids is 5. The van der Waals surface area contributed by atoms with Crippen LogP contribution in [-0.4, -0.2) is 59.3 Å². The van der Waals surface area contributed by atoms with Gasteiger partial charge in [-0.05, 0) is 60.6 Å². The first kappa shape index (κ1) is 29.7. The van der Waals surface area contributed by atoms with E-state index in [1.165, 1.54) is 11.0 Å². The number of aryl methyl sites for hydroxylation is 1. The number of rotatable bonds is 10. The Morgan fingerprint density at radius 1 is 1.15 bits per heavy atom. The predicted octanol–water partition coefficient (Wildman–Crippen LogP) is 3.87. The molecule has 0 spiro atoms. The topological polar surface area (TPSA) is 116 Å². The molecule has 41 heavy (non-hydrogen) atoms. The molecule has 2 N–H and O–H groups in total. The van der Waals surface area contributed by atoms with E-state index in [9.17, 15) is 24.0 Å². The number of hydrogen-bond donors (Lipinski definition) is 2. The molecule has 9 nitrogen and oxygen atoms in total. The summed E-state index contributed by atoms with van der Waals surface area (Å²) in [4.78, 5) is 66.4. The minimum Gasteiger partial charge on any atom is -0.351 e. The molecule has 0 aliphatic carbocycles. The molecule has 2 aliphatic rings. The third-order valence-electron chi connectivity index (χ3n) is 7.26. The average molecular weight is 577 g/mol. The van der Waals surface area contributed by atoms with Gasteiger partial charge in [0.1, 0.15) is 17.5 Å². The van der Waals surface area contributed by atoms with Gasteiger partial charge in [0.15, 0.2) is 0 Å². The van der Waals surface area contributed by atoms with Gasteiger partial charge in [0.25, 0.3) is 11.8 Å². The Hall–Kier alpha value is -4.24. The van der Waals surface area contributed by atoms with Crippen LogP contribution in [0.5, 0.6) is 0 Å². The lowest BCUT2D eigenvalue weighted by atomic mass is 9.88. The number of Topliss-reactive ketones (excluding diaryl/α,β-unsaturated/α-hetero) is 1. The maximum absolute atomic E-state index is 13.1. The molecule has 1 saturated heterocycles. The molecule has 2 heterocycles. The SMILES string of the molecule is C=C1CCC(N2C(=O)C=C(Nc3cccc(C(CC(=O)Cc4ccc(C)c(Cl)c4)CC(=O)N(C)C)c3)C2=O)C(=O)N1. The first-order valence-corrected chi connectivity index (χ1v) is 13.7. The second-order valence-electron chi connectivity index (χ2n) is 10.7. The number of benzene rings is 2. The van der Waals surface area contributed by atoms with E-state index in [0.29, 0.717) is 29.2 Å². The van der Waals surface area contributed by atoms with Gasteiger partial charge < -0.3 is 15.5 Å². The number of carbonyl (C=O) groups is 5. The zero-order valence-corrected chi connectivity index (χ0v) is 24.1. The highest BCUT2D eigenvalue weighted by Gasteiger charge is 2.41. The van der Waals surface area contributed by atoms with E-state index in [2.05, 4.69) is 17.2 Å². The number of amides is 4. The summed E-state index contributed by atoms with van der Waals surface area (Å²) in [6.45, 7) is 5.63. The van der Waals surface area contributed by atoms with E-state index in [4.69, 9.17) is 11.6 Å². The normalized spacial score (nSPS) is 17.7. The second-order valence-corrected chi connectivity index (χ2v) is 11.1. The Bertz CT molecular complexity index is 1460. The van der Waals surface area contributed by atoms with Gasteiger partial charge in [0.05, 0.1) is 0 Å². The number of allylic oxidation sites excluding steroid dienone is 1. The Labute approximate surface area is 244 Å². The molecule has 2 aromatic carbocycles. The van der Waals surface area contributed by atoms with Crippen molar-refractivity contribution in [2.24, 2.45) is 0 Å². The molecule has 2 unspecified atom stereocenters. The Kier molecular flexibility index (Phi) is 9.08. The summed E-state index contributed by atoms with van der Waals surface area (Å²) in [5, 5.41) is 6.19. The van der Waals surface area contributed by atoms with Gasteiger partial charge >= 0.3 is 0 Å². The van der Waals surface area contributed by atoms with E-state index in [1.807, 2.05) is 25.1 Å². The highest BCUT2D eigenvalue weighted by Crippen LogP contribution is 2.30. The van der Waals surface area contributed by atoms with Gasteiger partial charge in [-0.3, -0.25) is 28.9 Å². The monoisotopic (exact) mass is 576 g/mol. The summed E-state index contributed by atoms with van der Waals surface area (Å²) in [6.07, 6.45) is 2.39. The molecule has 1 fully saturated rings. The summed E-state index contributed by atoms with van der Waals surface area (Å²) < 4.78 is 0. The van der Waals surface area contributed by atoms with Crippen LogP contribution in [0.15, 0.2) is 66.5 Å². The molecule has 0 bridgehead atoms. The zero-order valence-electron chi connectivity index (χ0n) is 23.3. The maximum Gasteiger partial charge on any atom is 0.278 e. The molecule has 2 aliphatic heterocycles. The zero-order chi connectivity index (χ0) is 29.8. The number of hydrogen-bond acceptors (Lipinski definition) is 6. The molecule has 2 atom stereocenters. The third kappa shape index (κ3) is 7.10. The van der Waals surface area contributed by atoms with Crippen molar-refractivity contribution < 1.29 is 24.0 Å². The van der Waals surface area contributed by atoms with Crippen LogP contribution in [0.1, 0.15) is 48.3 Å². The van der Waals surface area contributed by atoms with Gasteiger partial charge in [0, 0.05) is 55.8 Å². The fourth-order valence-electron chi connectivity index (χ4n) is 4.93. The molecule has 0 radical (unpaired) electrons. The third-order valence-corrected chi connectivity index (χ3v) is 7.66. The summed E-state index contributed by atoms with van der Waals surface area (Å²) in [5.41, 5.74) is 3.57. The van der Waals surface area contributed by atoms with Crippen LogP contribution in [0, 0.1) is 6.92 Å². The van der Waals surface area contributed by atoms with Crippen molar-refractivity contribution >= 4 is 46.7 Å². The highest BCUT2D eigenvalue weighted by molar-refractivity contribution is 6.31. The Morgan fingerprint density at radius 3 is 2.59 bits per heavy atom. The molecule has 10 heteroatoms. The standard InChI is InChI=1S/C31H33ClN4O5/c1-18-8-10-20(13-25(18)32)12-24(37)15-22(16-28(38)35(3)4)21-6-5-7-23(14-21)34-26-17-29(39)36(31(26)41)27-11-9-19(2)33-30(27)40/h5-8,10,13-14,17,22,27,34H,2,9,11-12,15-16H2,1,3-4H3,(H,33,40). The van der Waals surface area contributed by atoms with Crippen LogP contribution < -0.4 is 10.6 Å². The summed E-state index contributed by atoms with van der Waals surface area (Å²) >= 11 is 6.23. The van der Waals surface area contributed by atoms with Crippen LogP contribution in [0.2, 0.25) is 5.02 Å². The lowest BCUT2D eigenvalue weighted by Crippen LogP contribution is -2.52. The molecule has 0 aromatic heterocycles. The fourth-order valence-corrected chi connectivity index (χ4v) is 5.13. The van der Waals surface area contributed by atoms with Crippen molar-refractivity contribution in [1.29, 1.82) is 0 Å². The van der Waals surface area contributed by atoms with Crippen LogP contribution in [0.4, 0.5) is 5.69 Å². The number of nitrogens with zero attached hydrogens (tertiary/aromatic N) is 2. The number of imide groups is 1. The smallest absolute Gasteiger partial charge is 0.278 e. The van der Waals surface area contributed by atoms with Crippen LogP contribution in [0.25, 0.3) is 0 Å². The maximum atomic E-state index is 13.1. The largest absolute Gasteiger partial charge is 0.351 e.